The van der Waals surface area contributed by atoms with Gasteiger partial charge in [-0.05, 0) is 18.4 Å². The molecule has 2 aliphatic heterocycles. The normalized spacial score (nSPS) is 17.1. The summed E-state index contributed by atoms with van der Waals surface area (Å²) in [7, 11) is 0. The molecule has 1 amide bonds. The Kier molecular flexibility index (Phi) is 6.14. The quantitative estimate of drug-likeness (QED) is 0.753. The van der Waals surface area contributed by atoms with Crippen molar-refractivity contribution in [3.05, 3.63) is 53.0 Å². The Morgan fingerprint density at radius 2 is 1.93 bits per heavy atom. The number of hydrogen-bond donors (Lipinski definition) is 2. The summed E-state index contributed by atoms with van der Waals surface area (Å²) >= 11 is 0. The molecule has 7 heteroatoms. The number of anilines is 1. The van der Waals surface area contributed by atoms with Gasteiger partial charge in [0.1, 0.15) is 17.3 Å². The Morgan fingerprint density at radius 1 is 1.11 bits per heavy atom. The third-order valence-electron chi connectivity index (χ3n) is 5.23. The summed E-state index contributed by atoms with van der Waals surface area (Å²) in [5, 5.41) is 6.36. The van der Waals surface area contributed by atoms with Gasteiger partial charge in [-0.25, -0.2) is 9.97 Å². The minimum Gasteiger partial charge on any atom is -0.379 e. The van der Waals surface area contributed by atoms with Gasteiger partial charge >= 0.3 is 0 Å². The molecule has 2 N–H and O–H groups in total. The van der Waals surface area contributed by atoms with Crippen molar-refractivity contribution in [3.63, 3.8) is 0 Å². The first-order valence-electron chi connectivity index (χ1n) is 10.1. The molecule has 1 fully saturated rings. The van der Waals surface area contributed by atoms with Crippen LogP contribution >= 0.6 is 0 Å². The van der Waals surface area contributed by atoms with Crippen molar-refractivity contribution in [2.24, 2.45) is 0 Å². The molecule has 0 aliphatic carbocycles. The fourth-order valence-electron chi connectivity index (χ4n) is 3.66. The highest BCUT2D eigenvalue weighted by molar-refractivity contribution is 5.96. The Hall–Kier alpha value is -2.51. The van der Waals surface area contributed by atoms with E-state index in [2.05, 4.69) is 32.7 Å². The van der Waals surface area contributed by atoms with Crippen molar-refractivity contribution < 1.29 is 9.53 Å². The number of carbonyl (C=O) groups is 1. The van der Waals surface area contributed by atoms with Gasteiger partial charge < -0.3 is 15.4 Å². The average Bonchev–Trinajstić information content (AvgIpc) is 2.74. The zero-order valence-electron chi connectivity index (χ0n) is 16.1. The van der Waals surface area contributed by atoms with Crippen LogP contribution in [0.1, 0.15) is 27.4 Å². The summed E-state index contributed by atoms with van der Waals surface area (Å²) in [6.07, 6.45) is 2.33. The molecule has 0 radical (unpaired) electrons. The number of aryl methyl sites for hydroxylation is 2. The number of benzene rings is 1. The van der Waals surface area contributed by atoms with E-state index in [1.165, 1.54) is 5.56 Å². The van der Waals surface area contributed by atoms with Gasteiger partial charge in [-0.2, -0.15) is 0 Å². The lowest BCUT2D eigenvalue weighted by molar-refractivity contribution is 0.0398. The first-order valence-corrected chi connectivity index (χ1v) is 10.1. The number of fused-ring (bicyclic) bond motifs is 1. The molecule has 1 saturated heterocycles. The van der Waals surface area contributed by atoms with E-state index in [1.807, 2.05) is 18.2 Å². The zero-order chi connectivity index (χ0) is 19.2. The van der Waals surface area contributed by atoms with E-state index in [-0.39, 0.29) is 5.91 Å². The van der Waals surface area contributed by atoms with Gasteiger partial charge in [-0.3, -0.25) is 9.69 Å². The van der Waals surface area contributed by atoms with Crippen LogP contribution in [0.2, 0.25) is 0 Å². The molecule has 0 saturated carbocycles. The van der Waals surface area contributed by atoms with Crippen LogP contribution in [0, 0.1) is 0 Å². The van der Waals surface area contributed by atoms with Gasteiger partial charge in [0.15, 0.2) is 0 Å². The third kappa shape index (κ3) is 4.66. The largest absolute Gasteiger partial charge is 0.379 e. The second-order valence-electron chi connectivity index (χ2n) is 7.19. The van der Waals surface area contributed by atoms with Gasteiger partial charge in [0, 0.05) is 44.7 Å². The Bertz CT molecular complexity index is 806. The standard InChI is InChI=1S/C21H27N5O2/c27-21-19-17(8-9-23-21)20(22-10-11-26-12-14-28-15-13-26)25-18(24-19)7-6-16-4-2-1-3-5-16/h1-5H,6-15H2,(H,23,27)(H,22,24,25). The van der Waals surface area contributed by atoms with Crippen molar-refractivity contribution in [1.29, 1.82) is 0 Å². The average molecular weight is 381 g/mol. The lowest BCUT2D eigenvalue weighted by atomic mass is 10.1. The molecular weight excluding hydrogens is 354 g/mol. The topological polar surface area (TPSA) is 79.4 Å². The fraction of sp³-hybridized carbons (Fsp3) is 0.476. The van der Waals surface area contributed by atoms with Crippen LogP contribution in [0.3, 0.4) is 0 Å². The van der Waals surface area contributed by atoms with Crippen molar-refractivity contribution in [2.45, 2.75) is 19.3 Å². The maximum Gasteiger partial charge on any atom is 0.270 e. The van der Waals surface area contributed by atoms with E-state index < -0.39 is 0 Å². The summed E-state index contributed by atoms with van der Waals surface area (Å²) in [5.41, 5.74) is 2.71. The van der Waals surface area contributed by atoms with Crippen LogP contribution in [0.25, 0.3) is 0 Å². The van der Waals surface area contributed by atoms with E-state index in [9.17, 15) is 4.79 Å². The second-order valence-corrected chi connectivity index (χ2v) is 7.19. The lowest BCUT2D eigenvalue weighted by Crippen LogP contribution is -2.39. The van der Waals surface area contributed by atoms with E-state index in [0.29, 0.717) is 24.5 Å². The molecule has 3 heterocycles. The first-order chi connectivity index (χ1) is 13.8. The highest BCUT2D eigenvalue weighted by atomic mass is 16.5. The molecule has 28 heavy (non-hydrogen) atoms. The minimum atomic E-state index is -0.0964. The third-order valence-corrected chi connectivity index (χ3v) is 5.23. The number of ether oxygens (including phenoxy) is 1. The van der Waals surface area contributed by atoms with Crippen molar-refractivity contribution in [1.82, 2.24) is 20.2 Å². The fourth-order valence-corrected chi connectivity index (χ4v) is 3.66. The predicted molar refractivity (Wildman–Crippen MR) is 108 cm³/mol. The van der Waals surface area contributed by atoms with Gasteiger partial charge in [0.05, 0.1) is 13.2 Å². The van der Waals surface area contributed by atoms with Crippen molar-refractivity contribution >= 4 is 11.7 Å². The van der Waals surface area contributed by atoms with E-state index in [1.54, 1.807) is 0 Å². The molecule has 0 bridgehead atoms. The van der Waals surface area contributed by atoms with Crippen molar-refractivity contribution in [2.75, 3.05) is 51.3 Å². The van der Waals surface area contributed by atoms with Gasteiger partial charge in [0.25, 0.3) is 5.91 Å². The highest BCUT2D eigenvalue weighted by Crippen LogP contribution is 2.21. The van der Waals surface area contributed by atoms with Crippen molar-refractivity contribution in [3.8, 4) is 0 Å². The number of nitrogens with one attached hydrogen (secondary N) is 2. The molecule has 1 aromatic heterocycles. The number of hydrogen-bond acceptors (Lipinski definition) is 6. The number of amides is 1. The minimum absolute atomic E-state index is 0.0964. The molecule has 2 aliphatic rings. The summed E-state index contributed by atoms with van der Waals surface area (Å²) in [6, 6.07) is 10.3. The van der Waals surface area contributed by atoms with Gasteiger partial charge in [0.2, 0.25) is 0 Å². The first kappa shape index (κ1) is 18.8. The van der Waals surface area contributed by atoms with Gasteiger partial charge in [-0.1, -0.05) is 30.3 Å². The second kappa shape index (κ2) is 9.12. The molecule has 2 aromatic rings. The summed E-state index contributed by atoms with van der Waals surface area (Å²) < 4.78 is 5.40. The lowest BCUT2D eigenvalue weighted by Gasteiger charge is -2.27. The van der Waals surface area contributed by atoms with Crippen LogP contribution in [-0.2, 0) is 24.0 Å². The SMILES string of the molecule is O=C1NCCc2c(NCCN3CCOCC3)nc(CCc3ccccc3)nc21. The molecule has 7 nitrogen and oxygen atoms in total. The maximum absolute atomic E-state index is 12.3. The maximum atomic E-state index is 12.3. The number of nitrogens with zero attached hydrogens (tertiary/aromatic N) is 3. The zero-order valence-corrected chi connectivity index (χ0v) is 16.1. The molecule has 4 rings (SSSR count). The molecule has 148 valence electrons. The number of rotatable bonds is 7. The number of carbonyl (C=O) groups excluding carboxylic acids is 1. The highest BCUT2D eigenvalue weighted by Gasteiger charge is 2.23. The number of morpholine rings is 1. The van der Waals surface area contributed by atoms with Gasteiger partial charge in [-0.15, -0.1) is 0 Å². The molecular formula is C21H27N5O2. The Labute approximate surface area is 165 Å². The number of aromatic nitrogens is 2. The molecule has 0 atom stereocenters. The van der Waals surface area contributed by atoms with E-state index in [4.69, 9.17) is 9.72 Å². The summed E-state index contributed by atoms with van der Waals surface area (Å²) in [4.78, 5) is 24.1. The van der Waals surface area contributed by atoms with Crippen LogP contribution < -0.4 is 10.6 Å². The molecule has 0 spiro atoms. The summed E-state index contributed by atoms with van der Waals surface area (Å²) in [6.45, 7) is 5.90. The van der Waals surface area contributed by atoms with E-state index >= 15 is 0 Å². The van der Waals surface area contributed by atoms with Crippen LogP contribution in [0.5, 0.6) is 0 Å². The van der Waals surface area contributed by atoms with E-state index in [0.717, 1.165) is 63.6 Å². The van der Waals surface area contributed by atoms with Crippen LogP contribution in [0.4, 0.5) is 5.82 Å². The predicted octanol–water partition coefficient (Wildman–Crippen LogP) is 1.29. The smallest absolute Gasteiger partial charge is 0.270 e. The molecule has 1 aromatic carbocycles. The Balaban J connectivity index is 1.46. The monoisotopic (exact) mass is 381 g/mol. The molecule has 0 unspecified atom stereocenters. The van der Waals surface area contributed by atoms with Crippen LogP contribution in [-0.4, -0.2) is 66.7 Å². The Morgan fingerprint density at radius 3 is 2.75 bits per heavy atom. The summed E-state index contributed by atoms with van der Waals surface area (Å²) in [5.74, 6) is 1.44. The van der Waals surface area contributed by atoms with Crippen LogP contribution in [0.15, 0.2) is 30.3 Å².